The first-order valence-corrected chi connectivity index (χ1v) is 13.2. The van der Waals surface area contributed by atoms with Crippen molar-refractivity contribution in [1.29, 1.82) is 0 Å². The Morgan fingerprint density at radius 3 is 2.71 bits per heavy atom. The predicted molar refractivity (Wildman–Crippen MR) is 145 cm³/mol. The Morgan fingerprint density at radius 1 is 1.21 bits per heavy atom. The average molecular weight is 552 g/mol. The number of likely N-dealkylation sites (tertiary alicyclic amines) is 1. The Kier molecular flexibility index (Phi) is 8.71. The third-order valence-corrected chi connectivity index (χ3v) is 7.87. The van der Waals surface area contributed by atoms with Crippen LogP contribution in [0.2, 0.25) is 0 Å². The summed E-state index contributed by atoms with van der Waals surface area (Å²) in [4.78, 5) is 24.6. The normalized spacial score (nSPS) is 25.3. The van der Waals surface area contributed by atoms with Crippen LogP contribution < -0.4 is 10.2 Å². The summed E-state index contributed by atoms with van der Waals surface area (Å²) in [7, 11) is 0. The SMILES string of the molecule is C[C@@H]1CN(CC(=O)N2CC(C)(C)c3ncc(Cc4ccc(F)cc4F)cc32)[C@@H](CN2CC[C@@H](F)C2)CN1.Cl. The standard InChI is InChI=1S/C28H36F3N5O.ClH/c1-18-13-35(23(12-32-18)15-34-7-6-22(30)14-34)16-26(37)36-17-28(2,3)27-25(36)9-19(11-33-27)8-20-4-5-21(29)10-24(20)31;/h4-5,9-11,18,22-23,32H,6-8,12-17H2,1-3H3;1H/t18-,22-,23-;/m1./s1. The van der Waals surface area contributed by atoms with Gasteiger partial charge in [-0.25, -0.2) is 13.2 Å². The number of hydrogen-bond acceptors (Lipinski definition) is 5. The van der Waals surface area contributed by atoms with Crippen molar-refractivity contribution in [3.05, 3.63) is 58.9 Å². The van der Waals surface area contributed by atoms with E-state index in [0.29, 0.717) is 25.1 Å². The lowest BCUT2D eigenvalue weighted by Gasteiger charge is -2.41. The highest BCUT2D eigenvalue weighted by molar-refractivity contribution is 5.97. The van der Waals surface area contributed by atoms with Crippen LogP contribution in [-0.4, -0.2) is 84.8 Å². The molecule has 2 aromatic rings. The molecule has 3 aliphatic heterocycles. The number of halogens is 4. The molecule has 6 nitrogen and oxygen atoms in total. The number of pyridine rings is 1. The minimum absolute atomic E-state index is 0. The maximum atomic E-state index is 14.3. The Balaban J connectivity index is 0.00000336. The molecule has 0 bridgehead atoms. The van der Waals surface area contributed by atoms with Gasteiger partial charge in [-0.05, 0) is 36.6 Å². The smallest absolute Gasteiger partial charge is 0.241 e. The summed E-state index contributed by atoms with van der Waals surface area (Å²) in [5.41, 5.74) is 2.44. The van der Waals surface area contributed by atoms with Crippen molar-refractivity contribution in [1.82, 2.24) is 20.1 Å². The molecule has 4 heterocycles. The first-order valence-electron chi connectivity index (χ1n) is 13.2. The van der Waals surface area contributed by atoms with E-state index in [4.69, 9.17) is 0 Å². The average Bonchev–Trinajstić information content (AvgIpc) is 3.37. The third kappa shape index (κ3) is 6.17. The lowest BCUT2D eigenvalue weighted by Crippen LogP contribution is -2.60. The lowest BCUT2D eigenvalue weighted by molar-refractivity contribution is -0.120. The van der Waals surface area contributed by atoms with Crippen molar-refractivity contribution >= 4 is 24.0 Å². The first kappa shape index (κ1) is 28.8. The van der Waals surface area contributed by atoms with Gasteiger partial charge in [0.05, 0.1) is 17.9 Å². The largest absolute Gasteiger partial charge is 0.311 e. The maximum absolute atomic E-state index is 14.3. The maximum Gasteiger partial charge on any atom is 0.241 e. The molecule has 5 rings (SSSR count). The van der Waals surface area contributed by atoms with Gasteiger partial charge in [0.25, 0.3) is 0 Å². The van der Waals surface area contributed by atoms with E-state index in [-0.39, 0.29) is 48.8 Å². The summed E-state index contributed by atoms with van der Waals surface area (Å²) in [5.74, 6) is -1.20. The molecule has 0 spiro atoms. The quantitative estimate of drug-likeness (QED) is 0.593. The number of nitrogens with one attached hydrogen (secondary N) is 1. The van der Waals surface area contributed by atoms with Crippen LogP contribution in [0.5, 0.6) is 0 Å². The summed E-state index contributed by atoms with van der Waals surface area (Å²) in [6, 6.07) is 5.89. The highest BCUT2D eigenvalue weighted by Gasteiger charge is 2.41. The van der Waals surface area contributed by atoms with E-state index in [1.165, 1.54) is 12.1 Å². The van der Waals surface area contributed by atoms with Gasteiger partial charge in [0, 0.05) is 75.5 Å². The van der Waals surface area contributed by atoms with Crippen LogP contribution in [0.4, 0.5) is 18.9 Å². The molecular formula is C28H37ClF3N5O. The molecule has 2 saturated heterocycles. The van der Waals surface area contributed by atoms with Crippen molar-refractivity contribution in [2.24, 2.45) is 0 Å². The number of carbonyl (C=O) groups excluding carboxylic acids is 1. The summed E-state index contributed by atoms with van der Waals surface area (Å²) in [5, 5.41) is 3.51. The molecule has 38 heavy (non-hydrogen) atoms. The van der Waals surface area contributed by atoms with E-state index in [1.807, 2.05) is 11.0 Å². The fourth-order valence-electron chi connectivity index (χ4n) is 5.90. The molecule has 1 aromatic carbocycles. The van der Waals surface area contributed by atoms with Gasteiger partial charge >= 0.3 is 0 Å². The highest BCUT2D eigenvalue weighted by atomic mass is 35.5. The third-order valence-electron chi connectivity index (χ3n) is 7.87. The van der Waals surface area contributed by atoms with Gasteiger partial charge in [-0.2, -0.15) is 0 Å². The number of anilines is 1. The number of piperazine rings is 1. The van der Waals surface area contributed by atoms with E-state index >= 15 is 0 Å². The van der Waals surface area contributed by atoms with Crippen molar-refractivity contribution in [2.75, 3.05) is 50.7 Å². The number of nitrogens with zero attached hydrogens (tertiary/aromatic N) is 4. The molecule has 10 heteroatoms. The van der Waals surface area contributed by atoms with Crippen LogP contribution >= 0.6 is 12.4 Å². The molecule has 0 aliphatic carbocycles. The van der Waals surface area contributed by atoms with Crippen LogP contribution in [-0.2, 0) is 16.6 Å². The number of carbonyl (C=O) groups is 1. The van der Waals surface area contributed by atoms with Gasteiger partial charge in [-0.1, -0.05) is 19.9 Å². The molecule has 2 fully saturated rings. The summed E-state index contributed by atoms with van der Waals surface area (Å²) in [6.45, 7) is 10.5. The van der Waals surface area contributed by atoms with Gasteiger partial charge in [0.1, 0.15) is 17.8 Å². The van der Waals surface area contributed by atoms with Gasteiger partial charge in [-0.15, -0.1) is 12.4 Å². The van der Waals surface area contributed by atoms with E-state index < -0.39 is 17.8 Å². The number of hydrogen-bond donors (Lipinski definition) is 1. The van der Waals surface area contributed by atoms with Crippen LogP contribution in [0.1, 0.15) is 44.0 Å². The van der Waals surface area contributed by atoms with Crippen molar-refractivity contribution in [3.8, 4) is 0 Å². The van der Waals surface area contributed by atoms with Gasteiger partial charge in [0.2, 0.25) is 5.91 Å². The van der Waals surface area contributed by atoms with Gasteiger partial charge in [-0.3, -0.25) is 19.6 Å². The van der Waals surface area contributed by atoms with E-state index in [9.17, 15) is 18.0 Å². The molecular weight excluding hydrogens is 515 g/mol. The lowest BCUT2D eigenvalue weighted by atomic mass is 9.91. The zero-order valence-corrected chi connectivity index (χ0v) is 23.0. The predicted octanol–water partition coefficient (Wildman–Crippen LogP) is 3.70. The molecule has 0 radical (unpaired) electrons. The van der Waals surface area contributed by atoms with E-state index in [1.54, 1.807) is 6.20 Å². The highest BCUT2D eigenvalue weighted by Crippen LogP contribution is 2.40. The second-order valence-electron chi connectivity index (χ2n) is 11.5. The molecule has 208 valence electrons. The summed E-state index contributed by atoms with van der Waals surface area (Å²) in [6.07, 6.45) is 1.79. The van der Waals surface area contributed by atoms with E-state index in [0.717, 1.165) is 49.2 Å². The topological polar surface area (TPSA) is 51.7 Å². The van der Waals surface area contributed by atoms with Gasteiger partial charge < -0.3 is 10.2 Å². The number of rotatable bonds is 6. The van der Waals surface area contributed by atoms with Crippen molar-refractivity contribution in [3.63, 3.8) is 0 Å². The van der Waals surface area contributed by atoms with Crippen LogP contribution in [0.25, 0.3) is 0 Å². The van der Waals surface area contributed by atoms with Gasteiger partial charge in [0.15, 0.2) is 0 Å². The fourth-order valence-corrected chi connectivity index (χ4v) is 5.90. The van der Waals surface area contributed by atoms with Crippen molar-refractivity contribution < 1.29 is 18.0 Å². The molecule has 0 saturated carbocycles. The minimum Gasteiger partial charge on any atom is -0.311 e. The molecule has 3 atom stereocenters. The number of amides is 1. The Hall–Kier alpha value is -2.20. The molecule has 0 unspecified atom stereocenters. The monoisotopic (exact) mass is 551 g/mol. The van der Waals surface area contributed by atoms with Crippen LogP contribution in [0, 0.1) is 11.6 Å². The summed E-state index contributed by atoms with van der Waals surface area (Å²) < 4.78 is 41.4. The summed E-state index contributed by atoms with van der Waals surface area (Å²) >= 11 is 0. The fraction of sp³-hybridized carbons (Fsp3) is 0.571. The molecule has 1 N–H and O–H groups in total. The number of fused-ring (bicyclic) bond motifs is 1. The molecule has 3 aliphatic rings. The van der Waals surface area contributed by atoms with E-state index in [2.05, 4.69) is 40.9 Å². The molecule has 1 amide bonds. The Labute approximate surface area is 229 Å². The second-order valence-corrected chi connectivity index (χ2v) is 11.5. The van der Waals surface area contributed by atoms with Crippen LogP contribution in [0.15, 0.2) is 30.5 Å². The number of alkyl halides is 1. The second kappa shape index (κ2) is 11.5. The number of benzene rings is 1. The number of aromatic nitrogens is 1. The van der Waals surface area contributed by atoms with Crippen LogP contribution in [0.3, 0.4) is 0 Å². The first-order chi connectivity index (χ1) is 17.6. The zero-order chi connectivity index (χ0) is 26.3. The Bertz CT molecular complexity index is 1170. The van der Waals surface area contributed by atoms with Crippen molar-refractivity contribution in [2.45, 2.75) is 57.3 Å². The Morgan fingerprint density at radius 2 is 2.00 bits per heavy atom. The molecule has 1 aromatic heterocycles. The minimum atomic E-state index is -0.765. The zero-order valence-electron chi connectivity index (χ0n) is 22.2.